The van der Waals surface area contributed by atoms with E-state index in [9.17, 15) is 22.8 Å². The van der Waals surface area contributed by atoms with Crippen molar-refractivity contribution >= 4 is 52.5 Å². The summed E-state index contributed by atoms with van der Waals surface area (Å²) in [6.07, 6.45) is -4.18. The number of rotatable bonds is 9. The van der Waals surface area contributed by atoms with Crippen molar-refractivity contribution in [1.82, 2.24) is 20.4 Å². The lowest BCUT2D eigenvalue weighted by Gasteiger charge is -2.16. The fourth-order valence-electron chi connectivity index (χ4n) is 3.80. The molecular weight excluding hydrogens is 557 g/mol. The number of nitrogens with zero attached hydrogens (tertiary/aromatic N) is 5. The number of nitrogens with two attached hydrogens (primary N) is 1. The zero-order valence-corrected chi connectivity index (χ0v) is 21.9. The Morgan fingerprint density at radius 2 is 1.97 bits per heavy atom. The highest BCUT2D eigenvalue weighted by molar-refractivity contribution is 7.83. The topological polar surface area (TPSA) is 148 Å². The van der Waals surface area contributed by atoms with Crippen molar-refractivity contribution in [2.45, 2.75) is 31.5 Å². The molecule has 1 aliphatic heterocycles. The van der Waals surface area contributed by atoms with Crippen molar-refractivity contribution in [1.29, 1.82) is 0 Å². The lowest BCUT2D eigenvalue weighted by atomic mass is 10.1. The molecule has 1 fully saturated rings. The van der Waals surface area contributed by atoms with Gasteiger partial charge in [0.15, 0.2) is 11.6 Å². The second-order valence-corrected chi connectivity index (χ2v) is 9.77. The first kappa shape index (κ1) is 28.1. The summed E-state index contributed by atoms with van der Waals surface area (Å²) in [7, 11) is 0. The minimum absolute atomic E-state index is 0.00877. The van der Waals surface area contributed by atoms with Crippen molar-refractivity contribution in [3.63, 3.8) is 0 Å². The summed E-state index contributed by atoms with van der Waals surface area (Å²) >= 11 is 5.21. The highest BCUT2D eigenvalue weighted by Crippen LogP contribution is 2.33. The lowest BCUT2D eigenvalue weighted by molar-refractivity contribution is -0.274. The van der Waals surface area contributed by atoms with Crippen molar-refractivity contribution in [2.75, 3.05) is 28.6 Å². The van der Waals surface area contributed by atoms with E-state index >= 15 is 0 Å². The van der Waals surface area contributed by atoms with Gasteiger partial charge in [0.05, 0.1) is 12.8 Å². The average Bonchev–Trinajstić information content (AvgIpc) is 3.53. The minimum Gasteiger partial charge on any atom is -0.406 e. The Bertz CT molecular complexity index is 1350. The van der Waals surface area contributed by atoms with Gasteiger partial charge in [-0.3, -0.25) is 9.59 Å². The normalized spacial score (nSPS) is 15.7. The molecule has 1 aromatic carbocycles. The Hall–Kier alpha value is -3.92. The van der Waals surface area contributed by atoms with E-state index < -0.39 is 18.0 Å². The first-order valence-electron chi connectivity index (χ1n) is 11.5. The van der Waals surface area contributed by atoms with Crippen molar-refractivity contribution in [2.24, 2.45) is 5.73 Å². The van der Waals surface area contributed by atoms with Gasteiger partial charge in [0.1, 0.15) is 10.8 Å². The quantitative estimate of drug-likeness (QED) is 0.279. The van der Waals surface area contributed by atoms with Gasteiger partial charge >= 0.3 is 6.36 Å². The number of ether oxygens (including phenoxy) is 1. The van der Waals surface area contributed by atoms with E-state index in [1.807, 2.05) is 4.90 Å². The molecule has 0 radical (unpaired) electrons. The molecule has 1 aliphatic rings. The van der Waals surface area contributed by atoms with Gasteiger partial charge in [0.2, 0.25) is 16.9 Å². The van der Waals surface area contributed by atoms with Crippen LogP contribution in [0, 0.1) is 0 Å². The van der Waals surface area contributed by atoms with Crippen LogP contribution >= 0.6 is 24.0 Å². The molecule has 4 N–H and O–H groups in total. The van der Waals surface area contributed by atoms with E-state index in [0.29, 0.717) is 35.3 Å². The molecule has 3 heterocycles. The first-order valence-corrected chi connectivity index (χ1v) is 12.9. The maximum absolute atomic E-state index is 12.4. The van der Waals surface area contributed by atoms with Gasteiger partial charge in [-0.25, -0.2) is 0 Å². The number of halogens is 3. The Morgan fingerprint density at radius 3 is 2.69 bits per heavy atom. The molecule has 206 valence electrons. The minimum atomic E-state index is -4.81. The molecule has 0 saturated carbocycles. The number of anilines is 3. The van der Waals surface area contributed by atoms with Crippen LogP contribution < -0.4 is 26.0 Å². The third kappa shape index (κ3) is 8.28. The van der Waals surface area contributed by atoms with Gasteiger partial charge < -0.3 is 26.0 Å². The summed E-state index contributed by atoms with van der Waals surface area (Å²) < 4.78 is 41.1. The number of carbonyl (C=O) groups is 2. The molecule has 0 bridgehead atoms. The Morgan fingerprint density at radius 1 is 1.15 bits per heavy atom. The zero-order chi connectivity index (χ0) is 28.0. The number of carbonyl (C=O) groups excluding carboxylic acids is 2. The molecule has 4 rings (SSSR count). The Labute approximate surface area is 230 Å². The van der Waals surface area contributed by atoms with Gasteiger partial charge in [-0.05, 0) is 41.7 Å². The summed E-state index contributed by atoms with van der Waals surface area (Å²) in [5.74, 6) is -0.262. The van der Waals surface area contributed by atoms with E-state index in [0.717, 1.165) is 23.6 Å². The second kappa shape index (κ2) is 12.3. The van der Waals surface area contributed by atoms with Crippen LogP contribution in [0.15, 0.2) is 47.5 Å². The molecular formula is C23H23F3N8O3S2. The molecule has 2 amide bonds. The lowest BCUT2D eigenvalue weighted by Crippen LogP contribution is -2.21. The summed E-state index contributed by atoms with van der Waals surface area (Å²) in [6.45, 7) is 1.32. The summed E-state index contributed by atoms with van der Waals surface area (Å²) in [6, 6.07) is 8.52. The van der Waals surface area contributed by atoms with E-state index in [1.165, 1.54) is 28.9 Å². The van der Waals surface area contributed by atoms with Crippen LogP contribution in [0.2, 0.25) is 0 Å². The average molecular weight is 581 g/mol. The Balaban J connectivity index is 1.28. The van der Waals surface area contributed by atoms with Crippen LogP contribution in [-0.2, 0) is 16.0 Å². The third-order valence-electron chi connectivity index (χ3n) is 5.49. The molecule has 11 nitrogen and oxygen atoms in total. The highest BCUT2D eigenvalue weighted by atomic mass is 32.1. The monoisotopic (exact) mass is 580 g/mol. The number of thiol groups is 1. The van der Waals surface area contributed by atoms with Crippen molar-refractivity contribution in [3.8, 4) is 5.75 Å². The number of alkyl halides is 3. The SMILES string of the molecule is N/C(=C\S)CC(=O)Nc1nnc(C2CCN(c3ccc(NC(=O)Cc4cccc(OC(F)(F)F)c4)nn3)C2)s1. The standard InChI is InChI=1S/C23H23F3N8O3S2/c24-23(25,26)37-16-3-1-2-13(8-16)9-19(35)28-17-4-5-18(31-30-17)34-7-6-14(11-34)21-32-33-22(39-21)29-20(36)10-15(27)12-38/h1-5,8,12,14,38H,6-7,9-11,27H2,(H,28,30,35)(H,29,33,36)/b15-12-. The molecule has 0 spiro atoms. The maximum atomic E-state index is 12.4. The molecule has 39 heavy (non-hydrogen) atoms. The van der Waals surface area contributed by atoms with Crippen LogP contribution in [0.3, 0.4) is 0 Å². The number of hydrogen-bond donors (Lipinski definition) is 4. The van der Waals surface area contributed by atoms with Crippen LogP contribution in [0.1, 0.15) is 29.3 Å². The van der Waals surface area contributed by atoms with Gasteiger partial charge in [-0.15, -0.1) is 46.2 Å². The smallest absolute Gasteiger partial charge is 0.406 e. The highest BCUT2D eigenvalue weighted by Gasteiger charge is 2.31. The number of aromatic nitrogens is 4. The molecule has 3 aromatic rings. The van der Waals surface area contributed by atoms with Gasteiger partial charge in [-0.2, -0.15) is 0 Å². The molecule has 16 heteroatoms. The summed E-state index contributed by atoms with van der Waals surface area (Å²) in [5.41, 5.74) is 6.29. The fraction of sp³-hybridized carbons (Fsp3) is 0.304. The van der Waals surface area contributed by atoms with Crippen LogP contribution in [-0.4, -0.2) is 51.7 Å². The van der Waals surface area contributed by atoms with Gasteiger partial charge in [0, 0.05) is 24.7 Å². The molecule has 1 saturated heterocycles. The molecule has 1 atom stereocenters. The summed E-state index contributed by atoms with van der Waals surface area (Å²) in [4.78, 5) is 26.3. The van der Waals surface area contributed by atoms with E-state index in [-0.39, 0.29) is 30.5 Å². The van der Waals surface area contributed by atoms with Crippen LogP contribution in [0.25, 0.3) is 0 Å². The second-order valence-electron chi connectivity index (χ2n) is 8.50. The van der Waals surface area contributed by atoms with Crippen molar-refractivity contribution in [3.05, 3.63) is 58.1 Å². The van der Waals surface area contributed by atoms with Gasteiger partial charge in [-0.1, -0.05) is 23.5 Å². The number of nitrogens with one attached hydrogen (secondary N) is 2. The predicted molar refractivity (Wildman–Crippen MR) is 141 cm³/mol. The number of amides is 2. The van der Waals surface area contributed by atoms with Crippen molar-refractivity contribution < 1.29 is 27.5 Å². The third-order valence-corrected chi connectivity index (χ3v) is 6.83. The molecule has 0 aliphatic carbocycles. The van der Waals surface area contributed by atoms with E-state index in [1.54, 1.807) is 12.1 Å². The molecule has 2 aromatic heterocycles. The fourth-order valence-corrected chi connectivity index (χ4v) is 4.78. The zero-order valence-electron chi connectivity index (χ0n) is 20.2. The first-order chi connectivity index (χ1) is 18.6. The van der Waals surface area contributed by atoms with Gasteiger partial charge in [0.25, 0.3) is 0 Å². The van der Waals surface area contributed by atoms with Crippen LogP contribution in [0.5, 0.6) is 5.75 Å². The largest absolute Gasteiger partial charge is 0.573 e. The maximum Gasteiger partial charge on any atom is 0.573 e. The van der Waals surface area contributed by atoms with Crippen LogP contribution in [0.4, 0.5) is 29.9 Å². The van der Waals surface area contributed by atoms with E-state index in [2.05, 4.69) is 48.4 Å². The van der Waals surface area contributed by atoms with E-state index in [4.69, 9.17) is 5.73 Å². The summed E-state index contributed by atoms with van der Waals surface area (Å²) in [5, 5.41) is 24.3. The Kier molecular flexibility index (Phi) is 8.86. The molecule has 1 unspecified atom stereocenters. The predicted octanol–water partition coefficient (Wildman–Crippen LogP) is 3.46. The number of hydrogen-bond acceptors (Lipinski definition) is 11. The number of benzene rings is 1.